The number of anilines is 3. The quantitative estimate of drug-likeness (QED) is 0.572. The lowest BCUT2D eigenvalue weighted by atomic mass is 10.2. The Labute approximate surface area is 143 Å². The summed E-state index contributed by atoms with van der Waals surface area (Å²) < 4.78 is 0. The van der Waals surface area contributed by atoms with E-state index < -0.39 is 16.9 Å². The zero-order valence-electron chi connectivity index (χ0n) is 13.2. The van der Waals surface area contributed by atoms with Crippen LogP contribution in [0.5, 0.6) is 0 Å². The van der Waals surface area contributed by atoms with Crippen LogP contribution in [0.4, 0.5) is 22.7 Å². The van der Waals surface area contributed by atoms with Crippen molar-refractivity contribution in [2.75, 3.05) is 10.6 Å². The number of hydrogen-bond donors (Lipinski definition) is 3. The van der Waals surface area contributed by atoms with Crippen LogP contribution < -0.4 is 16.0 Å². The van der Waals surface area contributed by atoms with E-state index >= 15 is 0 Å². The van der Waals surface area contributed by atoms with Crippen LogP contribution in [0, 0.1) is 10.1 Å². The van der Waals surface area contributed by atoms with E-state index in [1.807, 2.05) is 30.3 Å². The van der Waals surface area contributed by atoms with Gasteiger partial charge in [0, 0.05) is 24.2 Å². The third kappa shape index (κ3) is 3.92. The van der Waals surface area contributed by atoms with Crippen LogP contribution in [0.25, 0.3) is 0 Å². The Morgan fingerprint density at radius 2 is 1.92 bits per heavy atom. The van der Waals surface area contributed by atoms with Crippen molar-refractivity contribution in [2.45, 2.75) is 18.9 Å². The number of rotatable bonds is 5. The van der Waals surface area contributed by atoms with Crippen LogP contribution in [0.1, 0.15) is 12.8 Å². The van der Waals surface area contributed by atoms with E-state index in [-0.39, 0.29) is 17.3 Å². The van der Waals surface area contributed by atoms with E-state index in [0.717, 1.165) is 5.69 Å². The van der Waals surface area contributed by atoms with Gasteiger partial charge in [0.05, 0.1) is 16.3 Å². The molecule has 1 aliphatic heterocycles. The smallest absolute Gasteiger partial charge is 0.271 e. The Hall–Kier alpha value is -3.42. The molecule has 2 amide bonds. The molecule has 2 aromatic carbocycles. The number of amides is 2. The third-order valence-electron chi connectivity index (χ3n) is 3.84. The molecule has 0 bridgehead atoms. The number of non-ortho nitro benzene ring substituents is 1. The molecule has 0 aromatic heterocycles. The second kappa shape index (κ2) is 7.00. The standard InChI is InChI=1S/C17H16N4O4/c22-16-9-8-14(19-16)17(23)20-15-10-12(21(24)25)6-7-13(15)18-11-4-2-1-3-5-11/h1-7,10,14,18H,8-9H2,(H,19,22)(H,20,23). The minimum Gasteiger partial charge on any atom is -0.354 e. The molecule has 1 unspecified atom stereocenters. The second-order valence-corrected chi connectivity index (χ2v) is 5.63. The van der Waals surface area contributed by atoms with Gasteiger partial charge in [0.15, 0.2) is 0 Å². The first-order valence-electron chi connectivity index (χ1n) is 7.73. The number of carbonyl (C=O) groups is 2. The van der Waals surface area contributed by atoms with E-state index in [9.17, 15) is 19.7 Å². The van der Waals surface area contributed by atoms with Gasteiger partial charge in [0.1, 0.15) is 6.04 Å². The van der Waals surface area contributed by atoms with Gasteiger partial charge < -0.3 is 16.0 Å². The number of hydrogen-bond acceptors (Lipinski definition) is 5. The fourth-order valence-electron chi connectivity index (χ4n) is 2.57. The van der Waals surface area contributed by atoms with E-state index in [1.165, 1.54) is 18.2 Å². The Morgan fingerprint density at radius 1 is 1.16 bits per heavy atom. The Morgan fingerprint density at radius 3 is 2.56 bits per heavy atom. The summed E-state index contributed by atoms with van der Waals surface area (Å²) in [5.41, 5.74) is 1.45. The van der Waals surface area contributed by atoms with Gasteiger partial charge >= 0.3 is 0 Å². The van der Waals surface area contributed by atoms with Gasteiger partial charge in [-0.3, -0.25) is 19.7 Å². The van der Waals surface area contributed by atoms with E-state index in [1.54, 1.807) is 0 Å². The molecule has 2 aromatic rings. The third-order valence-corrected chi connectivity index (χ3v) is 3.84. The molecule has 1 atom stereocenters. The Balaban J connectivity index is 1.86. The van der Waals surface area contributed by atoms with Crippen molar-refractivity contribution < 1.29 is 14.5 Å². The van der Waals surface area contributed by atoms with Crippen molar-refractivity contribution in [1.29, 1.82) is 0 Å². The van der Waals surface area contributed by atoms with Crippen molar-refractivity contribution in [2.24, 2.45) is 0 Å². The van der Waals surface area contributed by atoms with Crippen LogP contribution in [-0.4, -0.2) is 22.8 Å². The molecule has 3 rings (SSSR count). The lowest BCUT2D eigenvalue weighted by Gasteiger charge is -2.15. The van der Waals surface area contributed by atoms with Gasteiger partial charge in [-0.2, -0.15) is 0 Å². The molecule has 8 nitrogen and oxygen atoms in total. The van der Waals surface area contributed by atoms with Crippen molar-refractivity contribution in [1.82, 2.24) is 5.32 Å². The molecule has 1 heterocycles. The molecular weight excluding hydrogens is 324 g/mol. The number of nitrogens with one attached hydrogen (secondary N) is 3. The molecule has 3 N–H and O–H groups in total. The summed E-state index contributed by atoms with van der Waals surface area (Å²) in [6.45, 7) is 0. The van der Waals surface area contributed by atoms with Crippen LogP contribution in [-0.2, 0) is 9.59 Å². The molecule has 1 aliphatic rings. The Kier molecular flexibility index (Phi) is 4.60. The average Bonchev–Trinajstić information content (AvgIpc) is 3.04. The minimum atomic E-state index is -0.628. The number of para-hydroxylation sites is 1. The summed E-state index contributed by atoms with van der Waals surface area (Å²) in [7, 11) is 0. The van der Waals surface area contributed by atoms with Crippen LogP contribution in [0.2, 0.25) is 0 Å². The first-order valence-corrected chi connectivity index (χ1v) is 7.73. The predicted molar refractivity (Wildman–Crippen MR) is 92.6 cm³/mol. The number of nitro groups is 1. The maximum atomic E-state index is 12.3. The van der Waals surface area contributed by atoms with Gasteiger partial charge in [0.2, 0.25) is 11.8 Å². The Bertz CT molecular complexity index is 823. The van der Waals surface area contributed by atoms with Crippen molar-refractivity contribution in [3.8, 4) is 0 Å². The van der Waals surface area contributed by atoms with Gasteiger partial charge in [-0.25, -0.2) is 0 Å². The predicted octanol–water partition coefficient (Wildman–Crippen LogP) is 2.56. The van der Waals surface area contributed by atoms with Crippen molar-refractivity contribution in [3.05, 3.63) is 58.6 Å². The molecule has 25 heavy (non-hydrogen) atoms. The number of nitrogens with zero attached hydrogens (tertiary/aromatic N) is 1. The first-order chi connectivity index (χ1) is 12.0. The van der Waals surface area contributed by atoms with E-state index in [0.29, 0.717) is 18.5 Å². The molecule has 0 aliphatic carbocycles. The molecule has 8 heteroatoms. The van der Waals surface area contributed by atoms with Gasteiger partial charge in [0.25, 0.3) is 5.69 Å². The maximum Gasteiger partial charge on any atom is 0.271 e. The first kappa shape index (κ1) is 16.4. The average molecular weight is 340 g/mol. The second-order valence-electron chi connectivity index (χ2n) is 5.63. The lowest BCUT2D eigenvalue weighted by Crippen LogP contribution is -2.37. The monoisotopic (exact) mass is 340 g/mol. The van der Waals surface area contributed by atoms with Crippen LogP contribution >= 0.6 is 0 Å². The molecule has 0 saturated carbocycles. The molecular formula is C17H16N4O4. The van der Waals surface area contributed by atoms with E-state index in [4.69, 9.17) is 0 Å². The summed E-state index contributed by atoms with van der Waals surface area (Å²) in [5, 5.41) is 19.4. The summed E-state index contributed by atoms with van der Waals surface area (Å²) >= 11 is 0. The molecule has 1 saturated heterocycles. The number of carbonyl (C=O) groups excluding carboxylic acids is 2. The number of benzene rings is 2. The lowest BCUT2D eigenvalue weighted by molar-refractivity contribution is -0.384. The summed E-state index contributed by atoms with van der Waals surface area (Å²) in [6.07, 6.45) is 0.698. The fraction of sp³-hybridized carbons (Fsp3) is 0.176. The van der Waals surface area contributed by atoms with Gasteiger partial charge in [-0.05, 0) is 24.6 Å². The summed E-state index contributed by atoms with van der Waals surface area (Å²) in [5.74, 6) is -0.579. The topological polar surface area (TPSA) is 113 Å². The molecule has 128 valence electrons. The minimum absolute atomic E-state index is 0.135. The van der Waals surface area contributed by atoms with Crippen LogP contribution in [0.15, 0.2) is 48.5 Å². The zero-order chi connectivity index (χ0) is 17.8. The summed E-state index contributed by atoms with van der Waals surface area (Å²) in [6, 6.07) is 12.8. The highest BCUT2D eigenvalue weighted by Crippen LogP contribution is 2.30. The summed E-state index contributed by atoms with van der Waals surface area (Å²) in [4.78, 5) is 34.1. The van der Waals surface area contributed by atoms with Gasteiger partial charge in [-0.15, -0.1) is 0 Å². The molecule has 1 fully saturated rings. The normalized spacial score (nSPS) is 16.2. The SMILES string of the molecule is O=C1CCC(C(=O)Nc2cc([N+](=O)[O-])ccc2Nc2ccccc2)N1. The van der Waals surface area contributed by atoms with Crippen molar-refractivity contribution >= 4 is 34.6 Å². The highest BCUT2D eigenvalue weighted by atomic mass is 16.6. The van der Waals surface area contributed by atoms with Crippen LogP contribution in [0.3, 0.4) is 0 Å². The zero-order valence-corrected chi connectivity index (χ0v) is 13.2. The largest absolute Gasteiger partial charge is 0.354 e. The molecule has 0 spiro atoms. The van der Waals surface area contributed by atoms with E-state index in [2.05, 4.69) is 16.0 Å². The fourth-order valence-corrected chi connectivity index (χ4v) is 2.57. The molecule has 0 radical (unpaired) electrons. The van der Waals surface area contributed by atoms with Gasteiger partial charge in [-0.1, -0.05) is 18.2 Å². The van der Waals surface area contributed by atoms with Crippen molar-refractivity contribution in [3.63, 3.8) is 0 Å². The highest BCUT2D eigenvalue weighted by Gasteiger charge is 2.28. The highest BCUT2D eigenvalue weighted by molar-refractivity contribution is 6.01. The maximum absolute atomic E-state index is 12.3. The number of nitro benzene ring substituents is 1.